The summed E-state index contributed by atoms with van der Waals surface area (Å²) < 4.78 is 18.6. The van der Waals surface area contributed by atoms with E-state index in [0.29, 0.717) is 60.7 Å². The third kappa shape index (κ3) is 17.4. The number of hydrogen-bond acceptors (Lipinski definition) is 12. The number of para-hydroxylation sites is 1. The van der Waals surface area contributed by atoms with Crippen molar-refractivity contribution in [3.63, 3.8) is 0 Å². The number of unbranched alkanes of at least 4 members (excludes halogenated alkanes) is 1. The second-order valence-electron chi connectivity index (χ2n) is 20.3. The zero-order valence-electron chi connectivity index (χ0n) is 42.3. The van der Waals surface area contributed by atoms with Crippen LogP contribution >= 0.6 is 39.3 Å². The minimum Gasteiger partial charge on any atom is -0.444 e. The van der Waals surface area contributed by atoms with Gasteiger partial charge in [0.1, 0.15) is 33.9 Å². The molecule has 2 aromatic carbocycles. The third-order valence-corrected chi connectivity index (χ3v) is 13.0. The van der Waals surface area contributed by atoms with E-state index < -0.39 is 70.9 Å². The smallest absolute Gasteiger partial charge is 0.419 e. The number of likely N-dealkylation sites (N-methyl/N-ethyl adjacent to an activating group) is 1. The van der Waals surface area contributed by atoms with Crippen LogP contribution in [0.25, 0.3) is 10.9 Å². The van der Waals surface area contributed by atoms with Crippen molar-refractivity contribution in [2.45, 2.75) is 159 Å². The van der Waals surface area contributed by atoms with Gasteiger partial charge in [-0.2, -0.15) is 0 Å². The number of rotatable bonds is 11. The van der Waals surface area contributed by atoms with E-state index in [0.717, 1.165) is 5.56 Å². The number of ether oxygens (including phenoxy) is 3. The number of hydrogen-bond donors (Lipinski definition) is 5. The normalized spacial score (nSPS) is 17.5. The van der Waals surface area contributed by atoms with Crippen LogP contribution in [-0.2, 0) is 48.1 Å². The molecule has 0 bridgehead atoms. The predicted octanol–water partition coefficient (Wildman–Crippen LogP) is 9.03. The monoisotopic (exact) mass is 1080 g/mol. The average Bonchev–Trinajstić information content (AvgIpc) is 3.63. The summed E-state index contributed by atoms with van der Waals surface area (Å²) in [4.78, 5) is 89.9. The van der Waals surface area contributed by atoms with Crippen LogP contribution in [0.4, 0.5) is 14.4 Å². The molecule has 3 heterocycles. The highest BCUT2D eigenvalue weighted by Crippen LogP contribution is 2.39. The van der Waals surface area contributed by atoms with Crippen LogP contribution in [0.1, 0.15) is 111 Å². The molecule has 1 aliphatic rings. The maximum atomic E-state index is 15.1. The van der Waals surface area contributed by atoms with Gasteiger partial charge in [-0.1, -0.05) is 63.6 Å². The Morgan fingerprint density at radius 1 is 0.803 bits per heavy atom. The van der Waals surface area contributed by atoms with E-state index in [2.05, 4.69) is 42.5 Å². The molecule has 5 amide bonds. The average molecular weight is 1080 g/mol. The van der Waals surface area contributed by atoms with Crippen LogP contribution < -0.4 is 26.6 Å². The lowest BCUT2D eigenvalue weighted by molar-refractivity contribution is -0.142. The summed E-state index contributed by atoms with van der Waals surface area (Å²) >= 11 is 11.8. The Hall–Kier alpha value is -5.37. The molecular weight excluding hydrogens is 1020 g/mol. The molecule has 5 rings (SSSR count). The number of alkyl carbamates (subject to hydrolysis) is 2. The van der Waals surface area contributed by atoms with Crippen LogP contribution in [0.15, 0.2) is 75.3 Å². The van der Waals surface area contributed by atoms with E-state index in [4.69, 9.17) is 30.8 Å². The summed E-state index contributed by atoms with van der Waals surface area (Å²) in [6.45, 7) is 16.6. The molecule has 71 heavy (non-hydrogen) atoms. The maximum absolute atomic E-state index is 15.1. The van der Waals surface area contributed by atoms with Gasteiger partial charge in [0, 0.05) is 66.8 Å². The minimum atomic E-state index is -1.17. The first-order valence-corrected chi connectivity index (χ1v) is 25.7. The molecule has 2 aromatic heterocycles. The molecule has 0 saturated heterocycles. The van der Waals surface area contributed by atoms with Gasteiger partial charge in [-0.05, 0) is 135 Å². The highest BCUT2D eigenvalue weighted by atomic mass is 79.9. The van der Waals surface area contributed by atoms with Gasteiger partial charge < -0.3 is 45.7 Å². The van der Waals surface area contributed by atoms with Gasteiger partial charge in [-0.3, -0.25) is 19.0 Å². The fourth-order valence-electron chi connectivity index (χ4n) is 7.67. The van der Waals surface area contributed by atoms with E-state index in [1.54, 1.807) is 99.0 Å². The van der Waals surface area contributed by atoms with Gasteiger partial charge in [0.15, 0.2) is 0 Å². The van der Waals surface area contributed by atoms with Crippen molar-refractivity contribution in [2.75, 3.05) is 20.1 Å². The Bertz CT molecular complexity index is 2560. The highest BCUT2D eigenvalue weighted by Gasteiger charge is 2.35. The molecule has 20 heteroatoms. The van der Waals surface area contributed by atoms with Crippen LogP contribution in [0.2, 0.25) is 5.02 Å². The summed E-state index contributed by atoms with van der Waals surface area (Å²) in [5.74, 6) is -1.53. The quantitative estimate of drug-likeness (QED) is 0.0704. The first kappa shape index (κ1) is 56.5. The number of fused-ring (bicyclic) bond motifs is 3. The second kappa shape index (κ2) is 24.8. The fourth-order valence-corrected chi connectivity index (χ4v) is 9.66. The van der Waals surface area contributed by atoms with Crippen molar-refractivity contribution in [2.24, 2.45) is 0 Å². The van der Waals surface area contributed by atoms with E-state index in [9.17, 15) is 24.0 Å². The minimum absolute atomic E-state index is 0.0170. The molecule has 3 atom stereocenters. The molecule has 17 nitrogen and oxygen atoms in total. The third-order valence-electron chi connectivity index (χ3n) is 10.9. The lowest BCUT2D eigenvalue weighted by Crippen LogP contribution is -2.57. The van der Waals surface area contributed by atoms with Crippen molar-refractivity contribution >= 4 is 86.2 Å². The number of carbonyl (C=O) groups is 6. The van der Waals surface area contributed by atoms with Gasteiger partial charge >= 0.3 is 18.3 Å². The van der Waals surface area contributed by atoms with E-state index in [-0.39, 0.29) is 45.4 Å². The molecule has 0 fully saturated rings. The largest absolute Gasteiger partial charge is 0.444 e. The number of nitrogens with one attached hydrogen (secondary N) is 5. The topological polar surface area (TPSA) is 211 Å². The van der Waals surface area contributed by atoms with Crippen LogP contribution in [0, 0.1) is 0 Å². The second-order valence-corrected chi connectivity index (χ2v) is 22.7. The Morgan fingerprint density at radius 3 is 2.10 bits per heavy atom. The van der Waals surface area contributed by atoms with Crippen molar-refractivity contribution in [3.05, 3.63) is 87.1 Å². The number of nitrogens with zero attached hydrogens (tertiary/aromatic N) is 3. The molecule has 4 aromatic rings. The maximum Gasteiger partial charge on any atom is 0.419 e. The zero-order chi connectivity index (χ0) is 52.3. The van der Waals surface area contributed by atoms with Crippen LogP contribution in [-0.4, -0.2) is 106 Å². The van der Waals surface area contributed by atoms with Gasteiger partial charge in [-0.15, -0.1) is 0 Å². The van der Waals surface area contributed by atoms with E-state index in [1.165, 1.54) is 28.3 Å². The zero-order valence-corrected chi connectivity index (χ0v) is 45.4. The van der Waals surface area contributed by atoms with Gasteiger partial charge in [0.25, 0.3) is 0 Å². The van der Waals surface area contributed by atoms with Crippen molar-refractivity contribution in [1.29, 1.82) is 0 Å². The van der Waals surface area contributed by atoms with Gasteiger partial charge in [0.2, 0.25) is 17.7 Å². The van der Waals surface area contributed by atoms with E-state index in [1.807, 2.05) is 24.3 Å². The molecule has 0 radical (unpaired) electrons. The van der Waals surface area contributed by atoms with E-state index >= 15 is 4.79 Å². The van der Waals surface area contributed by atoms with Crippen molar-refractivity contribution < 1.29 is 43.0 Å². The molecule has 0 aliphatic carbocycles. The molecule has 0 spiro atoms. The van der Waals surface area contributed by atoms with Crippen LogP contribution in [0.5, 0.6) is 0 Å². The predicted molar refractivity (Wildman–Crippen MR) is 277 cm³/mol. The number of halogens is 2. The van der Waals surface area contributed by atoms with Crippen LogP contribution in [0.3, 0.4) is 0 Å². The summed E-state index contributed by atoms with van der Waals surface area (Å²) in [6, 6.07) is 11.4. The first-order chi connectivity index (χ1) is 33.3. The number of amides is 5. The van der Waals surface area contributed by atoms with Crippen molar-refractivity contribution in [1.82, 2.24) is 41.0 Å². The standard InChI is InChI=1S/C51H68BrClN8O9S/c1-49(2,3)68-46(65)55-22-14-13-19-38-45(64)60(10)40(26-33-30-61(48(67)70-51(7,8)9)39-21-12-11-18-35(33)39)43(63)58-29-32-25-34(52)27-36(53)41(32)71-44-31(17-15-23-54-44)28-57-37(42(62)59-38)20-16-24-56-47(66)69-50(4,5)6/h11-12,15,17-18,21,23,25,27,30,37-38,40,57H,13-14,16,19-20,22,24,26,28-29H2,1-10H3,(H,55,65)(H,56,66)(H,58,63)(H,59,62)/t37-,38-,40-/m0/s1. The van der Waals surface area contributed by atoms with Crippen molar-refractivity contribution in [3.8, 4) is 0 Å². The number of carbonyl (C=O) groups excluding carboxylic acids is 6. The summed E-state index contributed by atoms with van der Waals surface area (Å²) in [5.41, 5.74) is 0.403. The Balaban J connectivity index is 1.56. The molecule has 386 valence electrons. The summed E-state index contributed by atoms with van der Waals surface area (Å²) in [5, 5.41) is 16.7. The Labute approximate surface area is 434 Å². The fraction of sp³-hybridized carbons (Fsp3) is 0.510. The summed E-state index contributed by atoms with van der Waals surface area (Å²) in [6.07, 6.45) is 3.07. The molecular formula is C51H68BrClN8O9S. The van der Waals surface area contributed by atoms with Gasteiger partial charge in [0.05, 0.1) is 16.6 Å². The molecule has 0 saturated carbocycles. The first-order valence-electron chi connectivity index (χ1n) is 23.7. The Morgan fingerprint density at radius 2 is 1.44 bits per heavy atom. The molecule has 5 N–H and O–H groups in total. The summed E-state index contributed by atoms with van der Waals surface area (Å²) in [7, 11) is 1.52. The molecule has 1 aliphatic heterocycles. The number of pyridine rings is 1. The highest BCUT2D eigenvalue weighted by molar-refractivity contribution is 9.10. The lowest BCUT2D eigenvalue weighted by Gasteiger charge is -2.32. The lowest BCUT2D eigenvalue weighted by atomic mass is 10.0. The number of aromatic nitrogens is 2. The van der Waals surface area contributed by atoms with Gasteiger partial charge in [-0.25, -0.2) is 19.4 Å². The number of benzene rings is 2. The SMILES string of the molecule is CN1C(=O)[C@H](CCCCNC(=O)OC(C)(C)C)NC(=O)[C@H](CCCNC(=O)OC(C)(C)C)NCc2cccnc2Sc2c(Cl)cc(Br)cc2CNC(=O)[C@@H]1Cc1cn(C(=O)OC(C)(C)C)c2ccccc12. The molecule has 0 unspecified atom stereocenters. The Kier molecular flexibility index (Phi) is 19.8.